The van der Waals surface area contributed by atoms with Crippen LogP contribution in [0, 0.1) is 0 Å². The molecule has 3 rings (SSSR count). The van der Waals surface area contributed by atoms with Gasteiger partial charge < -0.3 is 15.2 Å². The molecule has 5 nitrogen and oxygen atoms in total. The summed E-state index contributed by atoms with van der Waals surface area (Å²) in [5.41, 5.74) is 1.02. The third-order valence-electron chi connectivity index (χ3n) is 2.03. The molecule has 1 atom stereocenters. The van der Waals surface area contributed by atoms with Crippen LogP contribution < -0.4 is 5.32 Å². The summed E-state index contributed by atoms with van der Waals surface area (Å²) >= 11 is 0. The van der Waals surface area contributed by atoms with Gasteiger partial charge in [-0.15, -0.1) is 0 Å². The van der Waals surface area contributed by atoms with Gasteiger partial charge in [-0.25, -0.2) is 9.98 Å². The lowest BCUT2D eigenvalue weighted by atomic mass is 10.3. The fourth-order valence-corrected chi connectivity index (χ4v) is 1.45. The molecule has 3 heterocycles. The van der Waals surface area contributed by atoms with Crippen LogP contribution in [-0.4, -0.2) is 21.2 Å². The summed E-state index contributed by atoms with van der Waals surface area (Å²) in [7, 11) is 0. The molecule has 2 N–H and O–H groups in total. The maximum absolute atomic E-state index is 4.16. The Labute approximate surface area is 68.8 Å². The zero-order valence-electron chi connectivity index (χ0n) is 6.23. The van der Waals surface area contributed by atoms with E-state index in [0.29, 0.717) is 0 Å². The summed E-state index contributed by atoms with van der Waals surface area (Å²) in [4.78, 5) is 13.3. The smallest absolute Gasteiger partial charge is 0.178 e. The van der Waals surface area contributed by atoms with Gasteiger partial charge in [0, 0.05) is 12.4 Å². The minimum absolute atomic E-state index is 0.153. The van der Waals surface area contributed by atoms with E-state index in [1.54, 1.807) is 12.7 Å². The largest absolute Gasteiger partial charge is 0.365 e. The Kier molecular flexibility index (Phi) is 0.910. The van der Waals surface area contributed by atoms with Gasteiger partial charge in [0.05, 0.1) is 12.7 Å². The Balaban J connectivity index is 2.15. The number of H-pyrrole nitrogens is 1. The van der Waals surface area contributed by atoms with E-state index in [0.717, 1.165) is 11.5 Å². The van der Waals surface area contributed by atoms with E-state index in [-0.39, 0.29) is 6.17 Å². The summed E-state index contributed by atoms with van der Waals surface area (Å²) in [5, 5.41) is 3.18. The average Bonchev–Trinajstić information content (AvgIpc) is 2.71. The summed E-state index contributed by atoms with van der Waals surface area (Å²) in [5.74, 6) is 0.771. The molecule has 1 aromatic heterocycles. The summed E-state index contributed by atoms with van der Waals surface area (Å²) in [6.45, 7) is 0. The fourth-order valence-electron chi connectivity index (χ4n) is 1.45. The molecular formula is C7H7N5. The SMILES string of the molecule is C1=CN2C=Nc3nc[nH]c3C2N1. The quantitative estimate of drug-likeness (QED) is 0.581. The molecule has 60 valence electrons. The Hall–Kier alpha value is -1.78. The number of nitrogens with one attached hydrogen (secondary N) is 2. The van der Waals surface area contributed by atoms with Gasteiger partial charge >= 0.3 is 0 Å². The molecule has 0 amide bonds. The standard InChI is InChI=1S/C7H7N5/c1-2-12-4-11-6-5(7(12)8-1)9-3-10-6/h1-4,7-8H,(H,9,10). The zero-order chi connectivity index (χ0) is 7.97. The second-order valence-corrected chi connectivity index (χ2v) is 2.72. The van der Waals surface area contributed by atoms with Crippen molar-refractivity contribution in [3.8, 4) is 0 Å². The van der Waals surface area contributed by atoms with E-state index >= 15 is 0 Å². The minimum Gasteiger partial charge on any atom is -0.365 e. The molecule has 0 bridgehead atoms. The highest BCUT2D eigenvalue weighted by atomic mass is 15.3. The topological polar surface area (TPSA) is 56.3 Å². The van der Waals surface area contributed by atoms with Gasteiger partial charge in [-0.05, 0) is 0 Å². The molecule has 0 fully saturated rings. The lowest BCUT2D eigenvalue weighted by Gasteiger charge is -2.23. The van der Waals surface area contributed by atoms with Crippen molar-refractivity contribution in [1.29, 1.82) is 0 Å². The van der Waals surface area contributed by atoms with Crippen molar-refractivity contribution in [1.82, 2.24) is 20.2 Å². The number of fused-ring (bicyclic) bond motifs is 3. The van der Waals surface area contributed by atoms with Crippen LogP contribution in [0.5, 0.6) is 0 Å². The van der Waals surface area contributed by atoms with Crippen molar-refractivity contribution in [3.63, 3.8) is 0 Å². The Morgan fingerprint density at radius 1 is 1.50 bits per heavy atom. The van der Waals surface area contributed by atoms with Gasteiger partial charge in [-0.1, -0.05) is 0 Å². The molecule has 0 radical (unpaired) electrons. The van der Waals surface area contributed by atoms with Crippen LogP contribution in [0.2, 0.25) is 0 Å². The number of aromatic amines is 1. The molecular weight excluding hydrogens is 154 g/mol. The van der Waals surface area contributed by atoms with Crippen LogP contribution in [0.25, 0.3) is 0 Å². The summed E-state index contributed by atoms with van der Waals surface area (Å²) in [6, 6.07) is 0. The van der Waals surface area contributed by atoms with Crippen molar-refractivity contribution in [3.05, 3.63) is 24.4 Å². The molecule has 0 aromatic carbocycles. The molecule has 0 aliphatic carbocycles. The van der Waals surface area contributed by atoms with Gasteiger partial charge in [0.15, 0.2) is 5.82 Å². The molecule has 1 unspecified atom stereocenters. The van der Waals surface area contributed by atoms with Crippen molar-refractivity contribution < 1.29 is 0 Å². The molecule has 0 saturated heterocycles. The Morgan fingerprint density at radius 3 is 3.50 bits per heavy atom. The highest BCUT2D eigenvalue weighted by Gasteiger charge is 2.26. The average molecular weight is 161 g/mol. The Bertz CT molecular complexity index is 364. The van der Waals surface area contributed by atoms with E-state index < -0.39 is 0 Å². The molecule has 5 heteroatoms. The highest BCUT2D eigenvalue weighted by Crippen LogP contribution is 2.29. The number of aromatic nitrogens is 2. The monoisotopic (exact) mass is 161 g/mol. The van der Waals surface area contributed by atoms with Crippen molar-refractivity contribution in [2.45, 2.75) is 6.17 Å². The maximum Gasteiger partial charge on any atom is 0.178 e. The normalized spacial score (nSPS) is 23.7. The lowest BCUT2D eigenvalue weighted by Crippen LogP contribution is -2.28. The molecule has 0 spiro atoms. The second-order valence-electron chi connectivity index (χ2n) is 2.72. The van der Waals surface area contributed by atoms with E-state index in [9.17, 15) is 0 Å². The van der Waals surface area contributed by atoms with E-state index in [4.69, 9.17) is 0 Å². The first-order valence-electron chi connectivity index (χ1n) is 3.73. The van der Waals surface area contributed by atoms with Gasteiger partial charge in [-0.2, -0.15) is 0 Å². The molecule has 0 saturated carbocycles. The van der Waals surface area contributed by atoms with Crippen LogP contribution in [0.4, 0.5) is 5.82 Å². The first-order valence-corrected chi connectivity index (χ1v) is 3.73. The number of nitrogens with zero attached hydrogens (tertiary/aromatic N) is 3. The van der Waals surface area contributed by atoms with Crippen LogP contribution in [0.15, 0.2) is 23.7 Å². The van der Waals surface area contributed by atoms with Crippen molar-refractivity contribution in [2.75, 3.05) is 0 Å². The third kappa shape index (κ3) is 0.578. The zero-order valence-corrected chi connectivity index (χ0v) is 6.23. The number of aliphatic imine (C=N–C) groups is 1. The summed E-state index contributed by atoms with van der Waals surface area (Å²) < 4.78 is 0. The minimum atomic E-state index is 0.153. The van der Waals surface area contributed by atoms with Gasteiger partial charge in [0.2, 0.25) is 0 Å². The van der Waals surface area contributed by atoms with Crippen LogP contribution in [-0.2, 0) is 0 Å². The first kappa shape index (κ1) is 5.82. The third-order valence-corrected chi connectivity index (χ3v) is 2.03. The fraction of sp³-hybridized carbons (Fsp3) is 0.143. The number of imidazole rings is 1. The van der Waals surface area contributed by atoms with Crippen LogP contribution in [0.3, 0.4) is 0 Å². The number of hydrogen-bond acceptors (Lipinski definition) is 4. The van der Waals surface area contributed by atoms with Gasteiger partial charge in [-0.3, -0.25) is 0 Å². The van der Waals surface area contributed by atoms with E-state index in [1.807, 2.05) is 17.3 Å². The maximum atomic E-state index is 4.16. The predicted molar refractivity (Wildman–Crippen MR) is 43.6 cm³/mol. The second kappa shape index (κ2) is 1.88. The van der Waals surface area contributed by atoms with Gasteiger partial charge in [0.1, 0.15) is 11.9 Å². The predicted octanol–water partition coefficient (Wildman–Crippen LogP) is 0.458. The van der Waals surface area contributed by atoms with Crippen molar-refractivity contribution in [2.24, 2.45) is 4.99 Å². The first-order chi connectivity index (χ1) is 5.95. The van der Waals surface area contributed by atoms with Crippen LogP contribution in [0.1, 0.15) is 11.9 Å². The lowest BCUT2D eigenvalue weighted by molar-refractivity contribution is 0.409. The van der Waals surface area contributed by atoms with Gasteiger partial charge in [0.25, 0.3) is 0 Å². The molecule has 1 aromatic rings. The highest BCUT2D eigenvalue weighted by molar-refractivity contribution is 5.66. The molecule has 2 aliphatic rings. The number of hydrogen-bond donors (Lipinski definition) is 2. The Morgan fingerprint density at radius 2 is 2.50 bits per heavy atom. The van der Waals surface area contributed by atoms with Crippen molar-refractivity contribution >= 4 is 12.2 Å². The molecule has 2 aliphatic heterocycles. The number of rotatable bonds is 0. The van der Waals surface area contributed by atoms with E-state index in [1.165, 1.54) is 0 Å². The molecule has 12 heavy (non-hydrogen) atoms. The summed E-state index contributed by atoms with van der Waals surface area (Å²) in [6.07, 6.45) is 7.42. The van der Waals surface area contributed by atoms with Crippen LogP contribution >= 0.6 is 0 Å². The van der Waals surface area contributed by atoms with E-state index in [2.05, 4.69) is 20.3 Å².